The highest BCUT2D eigenvalue weighted by atomic mass is 35.5. The van der Waals surface area contributed by atoms with Crippen molar-refractivity contribution in [2.45, 2.75) is 4.90 Å². The lowest BCUT2D eigenvalue weighted by molar-refractivity contribution is 0.601. The van der Waals surface area contributed by atoms with Gasteiger partial charge in [-0.2, -0.15) is 0 Å². The molecule has 0 unspecified atom stereocenters. The molecule has 21 heavy (non-hydrogen) atoms. The Morgan fingerprint density at radius 3 is 2.33 bits per heavy atom. The van der Waals surface area contributed by atoms with Crippen molar-refractivity contribution in [1.82, 2.24) is 9.97 Å². The normalized spacial score (nSPS) is 11.5. The molecule has 3 rings (SSSR count). The molecule has 0 bridgehead atoms. The molecule has 0 saturated heterocycles. The van der Waals surface area contributed by atoms with Crippen LogP contribution in [0.1, 0.15) is 0 Å². The van der Waals surface area contributed by atoms with Crippen LogP contribution < -0.4 is 4.72 Å². The van der Waals surface area contributed by atoms with Crippen molar-refractivity contribution >= 4 is 38.5 Å². The second kappa shape index (κ2) is 5.31. The van der Waals surface area contributed by atoms with Crippen LogP contribution in [0.4, 0.5) is 5.82 Å². The summed E-state index contributed by atoms with van der Waals surface area (Å²) >= 11 is 5.75. The van der Waals surface area contributed by atoms with Gasteiger partial charge < -0.3 is 0 Å². The molecule has 3 aromatic rings. The average Bonchev–Trinajstić information content (AvgIpc) is 2.47. The van der Waals surface area contributed by atoms with Crippen LogP contribution in [0, 0.1) is 0 Å². The molecule has 0 amide bonds. The lowest BCUT2D eigenvalue weighted by Crippen LogP contribution is -2.14. The number of nitrogens with zero attached hydrogens (tertiary/aromatic N) is 2. The third-order valence-corrected chi connectivity index (χ3v) is 4.43. The van der Waals surface area contributed by atoms with Crippen LogP contribution in [0.2, 0.25) is 5.02 Å². The maximum atomic E-state index is 12.2. The summed E-state index contributed by atoms with van der Waals surface area (Å²) in [4.78, 5) is 8.50. The fraction of sp³-hybridized carbons (Fsp3) is 0. The first-order valence-electron chi connectivity index (χ1n) is 6.05. The molecule has 0 saturated carbocycles. The zero-order chi connectivity index (χ0) is 14.9. The van der Waals surface area contributed by atoms with Crippen molar-refractivity contribution in [2.75, 3.05) is 4.72 Å². The number of hydrogen-bond acceptors (Lipinski definition) is 4. The number of para-hydroxylation sites is 2. The topological polar surface area (TPSA) is 72.0 Å². The standard InChI is InChI=1S/C14H10ClN3O2S/c15-10-5-7-11(8-6-10)21(19,20)18-14-9-16-12-3-1-2-4-13(12)17-14/h1-9H,(H,17,18). The van der Waals surface area contributed by atoms with Gasteiger partial charge in [-0.25, -0.2) is 13.4 Å². The minimum atomic E-state index is -3.71. The molecular weight excluding hydrogens is 310 g/mol. The van der Waals surface area contributed by atoms with Gasteiger partial charge in [-0.15, -0.1) is 0 Å². The quantitative estimate of drug-likeness (QED) is 0.805. The Morgan fingerprint density at radius 2 is 1.62 bits per heavy atom. The molecule has 1 N–H and O–H groups in total. The van der Waals surface area contributed by atoms with Crippen LogP contribution in [0.15, 0.2) is 59.6 Å². The minimum absolute atomic E-state index is 0.113. The highest BCUT2D eigenvalue weighted by Gasteiger charge is 2.15. The molecule has 1 aromatic heterocycles. The minimum Gasteiger partial charge on any atom is -0.262 e. The summed E-state index contributed by atoms with van der Waals surface area (Å²) in [5.74, 6) is 0.170. The summed E-state index contributed by atoms with van der Waals surface area (Å²) in [7, 11) is -3.71. The van der Waals surface area contributed by atoms with E-state index < -0.39 is 10.0 Å². The van der Waals surface area contributed by atoms with Crippen LogP contribution in [0.3, 0.4) is 0 Å². The number of aromatic nitrogens is 2. The summed E-state index contributed by atoms with van der Waals surface area (Å²) in [6, 6.07) is 13.1. The Bertz CT molecular complexity index is 895. The van der Waals surface area contributed by atoms with E-state index in [4.69, 9.17) is 11.6 Å². The summed E-state index contributed by atoms with van der Waals surface area (Å²) in [5.41, 5.74) is 1.32. The van der Waals surface area contributed by atoms with Gasteiger partial charge in [0, 0.05) is 5.02 Å². The molecule has 7 heteroatoms. The van der Waals surface area contributed by atoms with Gasteiger partial charge in [-0.3, -0.25) is 9.71 Å². The van der Waals surface area contributed by atoms with Crippen molar-refractivity contribution < 1.29 is 8.42 Å². The van der Waals surface area contributed by atoms with E-state index in [1.807, 2.05) is 12.1 Å². The molecule has 1 heterocycles. The predicted octanol–water partition coefficient (Wildman–Crippen LogP) is 3.08. The van der Waals surface area contributed by atoms with Gasteiger partial charge >= 0.3 is 0 Å². The van der Waals surface area contributed by atoms with Gasteiger partial charge in [0.25, 0.3) is 10.0 Å². The van der Waals surface area contributed by atoms with Gasteiger partial charge in [0.2, 0.25) is 0 Å². The van der Waals surface area contributed by atoms with Gasteiger partial charge in [-0.1, -0.05) is 23.7 Å². The number of anilines is 1. The second-order valence-corrected chi connectivity index (χ2v) is 6.42. The summed E-state index contributed by atoms with van der Waals surface area (Å²) in [5, 5.41) is 0.472. The van der Waals surface area contributed by atoms with E-state index in [0.717, 1.165) is 0 Å². The monoisotopic (exact) mass is 319 g/mol. The molecule has 0 aliphatic carbocycles. The van der Waals surface area contributed by atoms with Crippen LogP contribution in [-0.2, 0) is 10.0 Å². The van der Waals surface area contributed by atoms with Crippen molar-refractivity contribution in [1.29, 1.82) is 0 Å². The third-order valence-electron chi connectivity index (χ3n) is 2.81. The van der Waals surface area contributed by atoms with Gasteiger partial charge in [0.05, 0.1) is 22.1 Å². The fourth-order valence-electron chi connectivity index (χ4n) is 1.82. The SMILES string of the molecule is O=S(=O)(Nc1cnc2ccccc2n1)c1ccc(Cl)cc1. The largest absolute Gasteiger partial charge is 0.263 e. The van der Waals surface area contributed by atoms with Gasteiger partial charge in [0.15, 0.2) is 5.82 Å². The second-order valence-electron chi connectivity index (χ2n) is 4.30. The first-order chi connectivity index (χ1) is 10.0. The lowest BCUT2D eigenvalue weighted by Gasteiger charge is -2.07. The van der Waals surface area contributed by atoms with Crippen LogP contribution >= 0.6 is 11.6 Å². The molecule has 0 fully saturated rings. The summed E-state index contributed by atoms with van der Waals surface area (Å²) in [6.07, 6.45) is 1.38. The zero-order valence-electron chi connectivity index (χ0n) is 10.7. The average molecular weight is 320 g/mol. The molecule has 0 spiro atoms. The molecule has 5 nitrogen and oxygen atoms in total. The smallest absolute Gasteiger partial charge is 0.262 e. The Balaban J connectivity index is 1.95. The van der Waals surface area contributed by atoms with Crippen LogP contribution in [0.5, 0.6) is 0 Å². The molecule has 0 radical (unpaired) electrons. The van der Waals surface area contributed by atoms with E-state index in [1.165, 1.54) is 30.5 Å². The molecule has 0 aliphatic rings. The summed E-state index contributed by atoms with van der Waals surface area (Å²) in [6.45, 7) is 0. The first-order valence-corrected chi connectivity index (χ1v) is 7.91. The van der Waals surface area contributed by atoms with E-state index in [-0.39, 0.29) is 10.7 Å². The number of sulfonamides is 1. The molecule has 0 aliphatic heterocycles. The lowest BCUT2D eigenvalue weighted by atomic mass is 10.3. The van der Waals surface area contributed by atoms with E-state index >= 15 is 0 Å². The zero-order valence-corrected chi connectivity index (χ0v) is 12.3. The Labute approximate surface area is 126 Å². The van der Waals surface area contributed by atoms with Gasteiger partial charge in [-0.05, 0) is 36.4 Å². The van der Waals surface area contributed by atoms with Crippen molar-refractivity contribution in [2.24, 2.45) is 0 Å². The van der Waals surface area contributed by atoms with Gasteiger partial charge in [0.1, 0.15) is 0 Å². The first kappa shape index (κ1) is 13.8. The van der Waals surface area contributed by atoms with E-state index in [0.29, 0.717) is 16.1 Å². The van der Waals surface area contributed by atoms with Crippen LogP contribution in [-0.4, -0.2) is 18.4 Å². The van der Waals surface area contributed by atoms with E-state index in [1.54, 1.807) is 12.1 Å². The molecule has 106 valence electrons. The predicted molar refractivity (Wildman–Crippen MR) is 81.8 cm³/mol. The van der Waals surface area contributed by atoms with Crippen molar-refractivity contribution in [3.05, 3.63) is 59.8 Å². The third kappa shape index (κ3) is 2.96. The number of benzene rings is 2. The number of fused-ring (bicyclic) bond motifs is 1. The van der Waals surface area contributed by atoms with E-state index in [2.05, 4.69) is 14.7 Å². The fourth-order valence-corrected chi connectivity index (χ4v) is 2.93. The highest BCUT2D eigenvalue weighted by Crippen LogP contribution is 2.18. The Hall–Kier alpha value is -2.18. The maximum Gasteiger partial charge on any atom is 0.263 e. The maximum absolute atomic E-state index is 12.2. The molecular formula is C14H10ClN3O2S. The van der Waals surface area contributed by atoms with Crippen LogP contribution in [0.25, 0.3) is 11.0 Å². The number of hydrogen-bond donors (Lipinski definition) is 1. The number of rotatable bonds is 3. The highest BCUT2D eigenvalue weighted by molar-refractivity contribution is 7.92. The Kier molecular flexibility index (Phi) is 3.48. The number of nitrogens with one attached hydrogen (secondary N) is 1. The van der Waals surface area contributed by atoms with Crippen molar-refractivity contribution in [3.8, 4) is 0 Å². The Morgan fingerprint density at radius 1 is 0.952 bits per heavy atom. The van der Waals surface area contributed by atoms with E-state index in [9.17, 15) is 8.42 Å². The molecule has 2 aromatic carbocycles. The van der Waals surface area contributed by atoms with Crippen molar-refractivity contribution in [3.63, 3.8) is 0 Å². The number of halogens is 1. The molecule has 0 atom stereocenters. The summed E-state index contributed by atoms with van der Waals surface area (Å²) < 4.78 is 26.9.